The number of carboxylic acid groups (broad SMARTS) is 1. The number of benzene rings is 2. The van der Waals surface area contributed by atoms with Crippen molar-refractivity contribution in [2.24, 2.45) is 5.92 Å². The van der Waals surface area contributed by atoms with Crippen molar-refractivity contribution in [2.45, 2.75) is 87.9 Å². The van der Waals surface area contributed by atoms with Crippen LogP contribution in [0.15, 0.2) is 48.6 Å². The van der Waals surface area contributed by atoms with Crippen LogP contribution in [0.5, 0.6) is 0 Å². The fourth-order valence-corrected chi connectivity index (χ4v) is 6.91. The first-order chi connectivity index (χ1) is 23.2. The average Bonchev–Trinajstić information content (AvgIpc) is 3.34. The molecule has 5 atom stereocenters. The summed E-state index contributed by atoms with van der Waals surface area (Å²) in [7, 11) is 0. The molecule has 2 aromatic carbocycles. The summed E-state index contributed by atoms with van der Waals surface area (Å²) in [5.74, 6) is -4.86. The number of anilines is 1. The Morgan fingerprint density at radius 2 is 1.86 bits per heavy atom. The van der Waals surface area contributed by atoms with Crippen LogP contribution in [-0.2, 0) is 38.4 Å². The molecule has 4 aliphatic rings. The highest BCUT2D eigenvalue weighted by atomic mass is 19.4. The van der Waals surface area contributed by atoms with E-state index in [4.69, 9.17) is 4.74 Å². The molecule has 1 saturated carbocycles. The van der Waals surface area contributed by atoms with Gasteiger partial charge in [-0.3, -0.25) is 14.5 Å². The van der Waals surface area contributed by atoms with Crippen molar-refractivity contribution in [2.75, 3.05) is 11.9 Å². The van der Waals surface area contributed by atoms with Gasteiger partial charge in [0.15, 0.2) is 0 Å². The Balaban J connectivity index is 1.27. The van der Waals surface area contributed by atoms with Gasteiger partial charge < -0.3 is 25.4 Å². The molecule has 0 aromatic heterocycles. The van der Waals surface area contributed by atoms with Crippen LogP contribution in [0.4, 0.5) is 32.4 Å². The van der Waals surface area contributed by atoms with E-state index < -0.39 is 76.9 Å². The van der Waals surface area contributed by atoms with Crippen molar-refractivity contribution < 1.29 is 51.0 Å². The lowest BCUT2D eigenvalue weighted by Gasteiger charge is -2.30. The summed E-state index contributed by atoms with van der Waals surface area (Å²) in [6.07, 6.45) is -0.650. The first-order valence-electron chi connectivity index (χ1n) is 16.1. The van der Waals surface area contributed by atoms with Crippen molar-refractivity contribution in [3.05, 3.63) is 76.9 Å². The molecule has 0 unspecified atom stereocenters. The van der Waals surface area contributed by atoms with Crippen LogP contribution in [0.1, 0.15) is 61.6 Å². The number of hydrogen-bond donors (Lipinski definition) is 3. The molecule has 3 N–H and O–H groups in total. The van der Waals surface area contributed by atoms with E-state index in [0.29, 0.717) is 48.9 Å². The molecule has 262 valence electrons. The Hall–Kier alpha value is -4.69. The molecule has 6 rings (SSSR count). The first kappa shape index (κ1) is 34.2. The maximum absolute atomic E-state index is 14.3. The largest absolute Gasteiger partial charge is 0.479 e. The summed E-state index contributed by atoms with van der Waals surface area (Å²) in [5.41, 5.74) is -2.17. The van der Waals surface area contributed by atoms with Crippen LogP contribution >= 0.6 is 0 Å². The van der Waals surface area contributed by atoms with Gasteiger partial charge in [-0.2, -0.15) is 13.2 Å². The second-order valence-electron chi connectivity index (χ2n) is 13.0. The number of carboxylic acids is 1. The van der Waals surface area contributed by atoms with E-state index in [0.717, 1.165) is 11.0 Å². The van der Waals surface area contributed by atoms with E-state index in [1.165, 1.54) is 17.0 Å². The van der Waals surface area contributed by atoms with Gasteiger partial charge in [-0.1, -0.05) is 37.1 Å². The quantitative estimate of drug-likeness (QED) is 0.291. The highest BCUT2D eigenvalue weighted by Crippen LogP contribution is 2.45. The van der Waals surface area contributed by atoms with Crippen LogP contribution in [-0.4, -0.2) is 69.1 Å². The number of carbonyl (C=O) groups is 4. The topological polar surface area (TPSA) is 128 Å². The third-order valence-corrected chi connectivity index (χ3v) is 9.64. The van der Waals surface area contributed by atoms with Crippen molar-refractivity contribution in [3.8, 4) is 0 Å². The molecule has 0 spiro atoms. The Bertz CT molecular complexity index is 1680. The summed E-state index contributed by atoms with van der Waals surface area (Å²) in [6, 6.07) is 3.86. The molecule has 2 fully saturated rings. The van der Waals surface area contributed by atoms with Crippen LogP contribution in [0.3, 0.4) is 0 Å². The number of aliphatic carboxylic acids is 1. The molecule has 2 aromatic rings. The van der Waals surface area contributed by atoms with Gasteiger partial charge in [0.25, 0.3) is 0 Å². The lowest BCUT2D eigenvalue weighted by atomic mass is 10.0. The van der Waals surface area contributed by atoms with E-state index in [1.54, 1.807) is 12.1 Å². The van der Waals surface area contributed by atoms with Gasteiger partial charge in [0.1, 0.15) is 35.4 Å². The summed E-state index contributed by atoms with van der Waals surface area (Å²) >= 11 is 0. The molecule has 1 saturated heterocycles. The highest BCUT2D eigenvalue weighted by Gasteiger charge is 2.61. The normalized spacial score (nSPS) is 27.3. The average molecular weight is 691 g/mol. The number of halogens is 5. The van der Waals surface area contributed by atoms with Crippen molar-refractivity contribution in [3.63, 3.8) is 0 Å². The first-order valence-corrected chi connectivity index (χ1v) is 16.1. The second-order valence-corrected chi connectivity index (χ2v) is 13.0. The minimum absolute atomic E-state index is 0.0459. The minimum atomic E-state index is -4.85. The molecule has 3 amide bonds. The van der Waals surface area contributed by atoms with Crippen LogP contribution in [0.25, 0.3) is 0 Å². The van der Waals surface area contributed by atoms with Gasteiger partial charge >= 0.3 is 18.2 Å². The van der Waals surface area contributed by atoms with Crippen LogP contribution in [0, 0.1) is 17.6 Å². The number of nitrogens with one attached hydrogen (secondary N) is 2. The second kappa shape index (κ2) is 13.3. The zero-order valence-electron chi connectivity index (χ0n) is 26.3. The van der Waals surface area contributed by atoms with Gasteiger partial charge in [0, 0.05) is 30.1 Å². The van der Waals surface area contributed by atoms with Crippen molar-refractivity contribution >= 4 is 29.6 Å². The minimum Gasteiger partial charge on any atom is -0.479 e. The predicted molar refractivity (Wildman–Crippen MR) is 164 cm³/mol. The number of ether oxygens (including phenoxy) is 1. The third-order valence-electron chi connectivity index (χ3n) is 9.64. The molecular formula is C34H35F5N4O6. The van der Waals surface area contributed by atoms with Crippen molar-refractivity contribution in [1.29, 1.82) is 0 Å². The predicted octanol–water partition coefficient (Wildman–Crippen LogP) is 5.37. The summed E-state index contributed by atoms with van der Waals surface area (Å²) in [5, 5.41) is 15.4. The highest BCUT2D eigenvalue weighted by molar-refractivity contribution is 5.96. The molecule has 3 aliphatic heterocycles. The third kappa shape index (κ3) is 7.20. The Morgan fingerprint density at radius 1 is 1.06 bits per heavy atom. The number of carbonyl (C=O) groups excluding carboxylic acids is 3. The number of fused-ring (bicyclic) bond motifs is 3. The van der Waals surface area contributed by atoms with Crippen molar-refractivity contribution in [1.82, 2.24) is 15.1 Å². The Labute approximate surface area is 278 Å². The lowest BCUT2D eigenvalue weighted by Crippen LogP contribution is -2.55. The number of allylic oxidation sites excluding steroid dienone is 1. The smallest absolute Gasteiger partial charge is 0.416 e. The molecular weight excluding hydrogens is 655 g/mol. The van der Waals surface area contributed by atoms with E-state index in [-0.39, 0.29) is 44.6 Å². The van der Waals surface area contributed by atoms with Crippen LogP contribution < -0.4 is 10.6 Å². The maximum atomic E-state index is 14.3. The zero-order chi connectivity index (χ0) is 35.1. The number of alkyl halides is 3. The fraction of sp³-hybridized carbons (Fsp3) is 0.471. The van der Waals surface area contributed by atoms with E-state index in [1.807, 2.05) is 6.08 Å². The van der Waals surface area contributed by atoms with Gasteiger partial charge in [-0.15, -0.1) is 0 Å². The zero-order valence-corrected chi connectivity index (χ0v) is 26.3. The van der Waals surface area contributed by atoms with E-state index >= 15 is 0 Å². The number of amides is 3. The maximum Gasteiger partial charge on any atom is 0.416 e. The van der Waals surface area contributed by atoms with Gasteiger partial charge in [0.05, 0.1) is 18.7 Å². The SMILES string of the molecule is O=C1N[C@]2(C(=O)O)C[C@H]2C=CCCCCC[C@H](Nc2cc(F)cc(C(F)(F)F)c2)C(=O)N2C[C@H](OC(=O)N3Cc4cccc(F)c4C3)C[C@@H]12. The van der Waals surface area contributed by atoms with E-state index in [9.17, 15) is 46.2 Å². The standard InChI is InChI=1S/C34H35F5N4O6/c35-22-11-21(34(37,38)39)12-23(13-22)40-27-10-5-3-1-2-4-8-20-15-33(20,31(46)47)41-29(44)28-14-24(17-43(28)30(27)45)49-32(48)42-16-19-7-6-9-26(36)25(19)18-42/h4,6-9,11-13,20,24,27-28,40H,1-3,5,10,14-18H2,(H,41,44)(H,46,47)/t20-,24-,27+,28+,33-/m1/s1. The number of rotatable bonds is 4. The summed E-state index contributed by atoms with van der Waals surface area (Å²) in [4.78, 5) is 55.9. The number of hydrogen-bond acceptors (Lipinski definition) is 6. The monoisotopic (exact) mass is 690 g/mol. The fourth-order valence-electron chi connectivity index (χ4n) is 6.91. The molecule has 15 heteroatoms. The van der Waals surface area contributed by atoms with Gasteiger partial charge in [-0.25, -0.2) is 18.4 Å². The molecule has 10 nitrogen and oxygen atoms in total. The molecule has 49 heavy (non-hydrogen) atoms. The molecule has 0 bridgehead atoms. The summed E-state index contributed by atoms with van der Waals surface area (Å²) in [6.45, 7) is -0.243. The Kier molecular flexibility index (Phi) is 9.29. The summed E-state index contributed by atoms with van der Waals surface area (Å²) < 4.78 is 74.8. The molecule has 3 heterocycles. The van der Waals surface area contributed by atoms with E-state index in [2.05, 4.69) is 10.6 Å². The van der Waals surface area contributed by atoms with Gasteiger partial charge in [-0.05, 0) is 55.5 Å². The molecule has 0 radical (unpaired) electrons. The number of nitrogens with zero attached hydrogens (tertiary/aromatic N) is 2. The van der Waals surface area contributed by atoms with Gasteiger partial charge in [0.2, 0.25) is 11.8 Å². The Morgan fingerprint density at radius 3 is 2.59 bits per heavy atom. The van der Waals surface area contributed by atoms with Crippen LogP contribution in [0.2, 0.25) is 0 Å². The molecule has 1 aliphatic carbocycles. The lowest BCUT2D eigenvalue weighted by molar-refractivity contribution is -0.145.